The van der Waals surface area contributed by atoms with E-state index in [1.807, 2.05) is 49.1 Å². The highest BCUT2D eigenvalue weighted by atomic mass is 15.4. The van der Waals surface area contributed by atoms with Gasteiger partial charge >= 0.3 is 5.95 Å². The van der Waals surface area contributed by atoms with Gasteiger partial charge in [0.15, 0.2) is 0 Å². The molecule has 0 atom stereocenters. The Morgan fingerprint density at radius 3 is 2.89 bits per heavy atom. The lowest BCUT2D eigenvalue weighted by molar-refractivity contribution is -0.659. The van der Waals surface area contributed by atoms with Crippen molar-refractivity contribution in [2.24, 2.45) is 24.3 Å². The molecule has 2 heterocycles. The van der Waals surface area contributed by atoms with Crippen LogP contribution in [-0.4, -0.2) is 14.8 Å². The monoisotopic (exact) mass is 241 g/mol. The normalized spacial score (nSPS) is 11.7. The van der Waals surface area contributed by atoms with Crippen LogP contribution in [0.25, 0.3) is 10.9 Å². The minimum Gasteiger partial charge on any atom is -0.359 e. The summed E-state index contributed by atoms with van der Waals surface area (Å²) in [7, 11) is 3.72. The van der Waals surface area contributed by atoms with Crippen molar-refractivity contribution in [2.45, 2.75) is 0 Å². The van der Waals surface area contributed by atoms with Crippen molar-refractivity contribution in [1.82, 2.24) is 14.8 Å². The third-order valence-electron chi connectivity index (χ3n) is 2.82. The van der Waals surface area contributed by atoms with Crippen LogP contribution in [0, 0.1) is 0 Å². The van der Waals surface area contributed by atoms with Crippen molar-refractivity contribution >= 4 is 22.5 Å². The van der Waals surface area contributed by atoms with Crippen LogP contribution in [0.4, 0.5) is 11.6 Å². The Kier molecular flexibility index (Phi) is 2.40. The van der Waals surface area contributed by atoms with Crippen LogP contribution in [0.1, 0.15) is 0 Å². The second-order valence-corrected chi connectivity index (χ2v) is 4.08. The minimum absolute atomic E-state index is 0.695. The summed E-state index contributed by atoms with van der Waals surface area (Å²) in [6, 6.07) is 8.00. The molecule has 2 aromatic heterocycles. The summed E-state index contributed by atoms with van der Waals surface area (Å²) in [5.41, 5.74) is 1.88. The number of azo groups is 1. The standard InChI is InChI=1S/C12H12N6/c1-17-8-14-18(2)12(17)16-15-11-7-13-10-6-4-3-5-9(10)11/h3-8H,1-2H3/p+1. The number of aromatic nitrogens is 4. The molecule has 0 aliphatic carbocycles. The highest BCUT2D eigenvalue weighted by Gasteiger charge is 2.11. The second kappa shape index (κ2) is 4.06. The number of rotatable bonds is 2. The predicted octanol–water partition coefficient (Wildman–Crippen LogP) is 2.14. The van der Waals surface area contributed by atoms with Crippen molar-refractivity contribution in [1.29, 1.82) is 0 Å². The Morgan fingerprint density at radius 1 is 1.28 bits per heavy atom. The second-order valence-electron chi connectivity index (χ2n) is 4.08. The summed E-state index contributed by atoms with van der Waals surface area (Å²) < 4.78 is 3.50. The third kappa shape index (κ3) is 1.67. The van der Waals surface area contributed by atoms with Crippen LogP contribution < -0.4 is 4.57 Å². The van der Waals surface area contributed by atoms with E-state index in [2.05, 4.69) is 20.3 Å². The van der Waals surface area contributed by atoms with Gasteiger partial charge in [0.2, 0.25) is 6.33 Å². The highest BCUT2D eigenvalue weighted by Crippen LogP contribution is 2.26. The van der Waals surface area contributed by atoms with Gasteiger partial charge in [0, 0.05) is 22.2 Å². The van der Waals surface area contributed by atoms with Gasteiger partial charge in [-0.1, -0.05) is 23.3 Å². The van der Waals surface area contributed by atoms with Crippen LogP contribution in [-0.2, 0) is 14.1 Å². The molecule has 3 aromatic rings. The molecule has 0 aliphatic rings. The van der Waals surface area contributed by atoms with E-state index in [0.29, 0.717) is 5.95 Å². The first-order valence-electron chi connectivity index (χ1n) is 5.61. The van der Waals surface area contributed by atoms with Crippen molar-refractivity contribution in [2.75, 3.05) is 0 Å². The van der Waals surface area contributed by atoms with E-state index >= 15 is 0 Å². The van der Waals surface area contributed by atoms with Gasteiger partial charge in [0.05, 0.1) is 14.1 Å². The van der Waals surface area contributed by atoms with Gasteiger partial charge in [-0.2, -0.15) is 0 Å². The summed E-state index contributed by atoms with van der Waals surface area (Å²) in [6.07, 6.45) is 3.55. The van der Waals surface area contributed by atoms with Gasteiger partial charge in [-0.3, -0.25) is 0 Å². The Balaban J connectivity index is 2.02. The lowest BCUT2D eigenvalue weighted by Gasteiger charge is -1.88. The summed E-state index contributed by atoms with van der Waals surface area (Å²) in [6.45, 7) is 0. The minimum atomic E-state index is 0.695. The molecule has 18 heavy (non-hydrogen) atoms. The number of aryl methyl sites for hydroxylation is 2. The number of hydrogen-bond acceptors (Lipinski definition) is 3. The lowest BCUT2D eigenvalue weighted by atomic mass is 10.2. The molecule has 0 radical (unpaired) electrons. The Morgan fingerprint density at radius 2 is 2.11 bits per heavy atom. The average molecular weight is 241 g/mol. The van der Waals surface area contributed by atoms with Crippen molar-refractivity contribution in [3.05, 3.63) is 36.8 Å². The topological polar surface area (TPSA) is 62.2 Å². The first kappa shape index (κ1) is 10.6. The summed E-state index contributed by atoms with van der Waals surface area (Å²) in [5, 5.41) is 13.7. The van der Waals surface area contributed by atoms with Gasteiger partial charge in [0.25, 0.3) is 0 Å². The van der Waals surface area contributed by atoms with Gasteiger partial charge in [-0.15, -0.1) is 4.68 Å². The van der Waals surface area contributed by atoms with Gasteiger partial charge in [-0.25, -0.2) is 4.57 Å². The molecule has 6 nitrogen and oxygen atoms in total. The molecule has 90 valence electrons. The van der Waals surface area contributed by atoms with E-state index < -0.39 is 0 Å². The number of nitrogens with one attached hydrogen (secondary N) is 1. The molecule has 0 spiro atoms. The number of hydrogen-bond donors (Lipinski definition) is 1. The smallest absolute Gasteiger partial charge is 0.359 e. The van der Waals surface area contributed by atoms with Gasteiger partial charge in [0.1, 0.15) is 5.69 Å². The molecular formula is C12H13N6+. The number of H-pyrrole nitrogens is 1. The Hall–Kier alpha value is -2.50. The molecule has 0 saturated heterocycles. The number of fused-ring (bicyclic) bond motifs is 1. The number of para-hydroxylation sites is 1. The van der Waals surface area contributed by atoms with Crippen molar-refractivity contribution < 1.29 is 4.57 Å². The zero-order valence-electron chi connectivity index (χ0n) is 10.2. The Labute approximate surface area is 104 Å². The largest absolute Gasteiger partial charge is 0.403 e. The molecule has 0 bridgehead atoms. The highest BCUT2D eigenvalue weighted by molar-refractivity contribution is 5.90. The van der Waals surface area contributed by atoms with Crippen LogP contribution in [0.5, 0.6) is 0 Å². The number of aromatic amines is 1. The van der Waals surface area contributed by atoms with Crippen LogP contribution >= 0.6 is 0 Å². The predicted molar refractivity (Wildman–Crippen MR) is 66.9 cm³/mol. The SMILES string of the molecule is Cn1nc[n+](C)c1N=Nc1c[nH]c2ccccc12. The quantitative estimate of drug-likeness (QED) is 0.542. The number of nitrogens with zero attached hydrogens (tertiary/aromatic N) is 5. The first-order valence-corrected chi connectivity index (χ1v) is 5.61. The first-order chi connectivity index (χ1) is 8.75. The molecule has 0 fully saturated rings. The maximum absolute atomic E-state index is 4.27. The number of benzene rings is 1. The molecule has 1 aromatic carbocycles. The van der Waals surface area contributed by atoms with E-state index in [9.17, 15) is 0 Å². The maximum Gasteiger partial charge on any atom is 0.403 e. The summed E-state index contributed by atoms with van der Waals surface area (Å²) in [5.74, 6) is 0.695. The van der Waals surface area contributed by atoms with E-state index in [4.69, 9.17) is 0 Å². The summed E-state index contributed by atoms with van der Waals surface area (Å²) in [4.78, 5) is 3.16. The van der Waals surface area contributed by atoms with Crippen molar-refractivity contribution in [3.63, 3.8) is 0 Å². The Bertz CT molecular complexity index is 702. The third-order valence-corrected chi connectivity index (χ3v) is 2.82. The average Bonchev–Trinajstić information content (AvgIpc) is 2.93. The molecule has 6 heteroatoms. The van der Waals surface area contributed by atoms with E-state index in [0.717, 1.165) is 16.6 Å². The van der Waals surface area contributed by atoms with Gasteiger partial charge in [-0.05, 0) is 11.2 Å². The molecule has 3 rings (SSSR count). The lowest BCUT2D eigenvalue weighted by Crippen LogP contribution is -2.25. The van der Waals surface area contributed by atoms with Crippen molar-refractivity contribution in [3.8, 4) is 0 Å². The van der Waals surface area contributed by atoms with Crippen LogP contribution in [0.2, 0.25) is 0 Å². The summed E-state index contributed by atoms with van der Waals surface area (Å²) >= 11 is 0. The fourth-order valence-corrected chi connectivity index (χ4v) is 1.86. The molecule has 0 amide bonds. The van der Waals surface area contributed by atoms with E-state index in [1.54, 1.807) is 11.0 Å². The molecular weight excluding hydrogens is 228 g/mol. The van der Waals surface area contributed by atoms with Crippen LogP contribution in [0.3, 0.4) is 0 Å². The molecule has 0 aliphatic heterocycles. The fraction of sp³-hybridized carbons (Fsp3) is 0.167. The van der Waals surface area contributed by atoms with Crippen LogP contribution in [0.15, 0.2) is 47.0 Å². The molecule has 0 unspecified atom stereocenters. The molecule has 1 N–H and O–H groups in total. The fourth-order valence-electron chi connectivity index (χ4n) is 1.86. The maximum atomic E-state index is 4.27. The molecule has 0 saturated carbocycles. The van der Waals surface area contributed by atoms with E-state index in [-0.39, 0.29) is 0 Å². The zero-order chi connectivity index (χ0) is 12.5. The zero-order valence-corrected chi connectivity index (χ0v) is 10.2. The van der Waals surface area contributed by atoms with E-state index in [1.165, 1.54) is 0 Å². The van der Waals surface area contributed by atoms with Gasteiger partial charge < -0.3 is 4.98 Å².